The number of aliphatic hydroxyl groups excluding tert-OH is 1. The van der Waals surface area contributed by atoms with Crippen molar-refractivity contribution in [3.8, 4) is 5.75 Å². The standard InChI is InChI=1S/C11H16ClNO2/c1-8-5-10(3-4-11(8)12)15-7-9(14)6-13-2/h3-5,9,13-14H,6-7H2,1-2H3/t9-/m0/s1. The third-order valence-corrected chi connectivity index (χ3v) is 2.44. The molecule has 1 rings (SSSR count). The average Bonchev–Trinajstić information content (AvgIpc) is 2.20. The topological polar surface area (TPSA) is 41.5 Å². The largest absolute Gasteiger partial charge is 0.491 e. The van der Waals surface area contributed by atoms with E-state index < -0.39 is 6.10 Å². The molecule has 0 unspecified atom stereocenters. The van der Waals surface area contributed by atoms with E-state index >= 15 is 0 Å². The molecule has 2 N–H and O–H groups in total. The third kappa shape index (κ3) is 4.08. The van der Waals surface area contributed by atoms with E-state index in [2.05, 4.69) is 5.32 Å². The molecule has 3 nitrogen and oxygen atoms in total. The molecule has 0 saturated carbocycles. The number of rotatable bonds is 5. The van der Waals surface area contributed by atoms with Crippen molar-refractivity contribution in [2.75, 3.05) is 20.2 Å². The number of hydrogen-bond acceptors (Lipinski definition) is 3. The Kier molecular flexibility index (Phi) is 4.88. The number of aryl methyl sites for hydroxylation is 1. The van der Waals surface area contributed by atoms with Gasteiger partial charge in [-0.2, -0.15) is 0 Å². The van der Waals surface area contributed by atoms with Gasteiger partial charge < -0.3 is 15.2 Å². The Morgan fingerprint density at radius 3 is 2.87 bits per heavy atom. The second kappa shape index (κ2) is 5.95. The van der Waals surface area contributed by atoms with Gasteiger partial charge in [0.2, 0.25) is 0 Å². The van der Waals surface area contributed by atoms with Crippen LogP contribution < -0.4 is 10.1 Å². The van der Waals surface area contributed by atoms with Gasteiger partial charge in [-0.05, 0) is 37.7 Å². The summed E-state index contributed by atoms with van der Waals surface area (Å²) in [5, 5.41) is 13.0. The van der Waals surface area contributed by atoms with Crippen molar-refractivity contribution in [2.45, 2.75) is 13.0 Å². The first-order chi connectivity index (χ1) is 7.13. The minimum Gasteiger partial charge on any atom is -0.491 e. The average molecular weight is 230 g/mol. The number of ether oxygens (including phenoxy) is 1. The molecule has 84 valence electrons. The Bertz CT molecular complexity index is 317. The SMILES string of the molecule is CNC[C@H](O)COc1ccc(Cl)c(C)c1. The van der Waals surface area contributed by atoms with Crippen molar-refractivity contribution in [1.82, 2.24) is 5.32 Å². The van der Waals surface area contributed by atoms with E-state index in [1.54, 1.807) is 19.2 Å². The van der Waals surface area contributed by atoms with Gasteiger partial charge in [-0.1, -0.05) is 11.6 Å². The minimum absolute atomic E-state index is 0.280. The third-order valence-electron chi connectivity index (χ3n) is 2.01. The summed E-state index contributed by atoms with van der Waals surface area (Å²) in [7, 11) is 1.79. The van der Waals surface area contributed by atoms with E-state index in [4.69, 9.17) is 16.3 Å². The summed E-state index contributed by atoms with van der Waals surface area (Å²) in [6, 6.07) is 5.44. The second-order valence-electron chi connectivity index (χ2n) is 3.43. The van der Waals surface area contributed by atoms with Crippen LogP contribution in [0.25, 0.3) is 0 Å². The first-order valence-corrected chi connectivity index (χ1v) is 5.23. The zero-order chi connectivity index (χ0) is 11.3. The number of likely N-dealkylation sites (N-methyl/N-ethyl adjacent to an activating group) is 1. The van der Waals surface area contributed by atoms with E-state index in [1.165, 1.54) is 0 Å². The fourth-order valence-corrected chi connectivity index (χ4v) is 1.31. The quantitative estimate of drug-likeness (QED) is 0.806. The van der Waals surface area contributed by atoms with Gasteiger partial charge in [0.25, 0.3) is 0 Å². The van der Waals surface area contributed by atoms with Gasteiger partial charge >= 0.3 is 0 Å². The zero-order valence-electron chi connectivity index (χ0n) is 8.96. The lowest BCUT2D eigenvalue weighted by molar-refractivity contribution is 0.108. The van der Waals surface area contributed by atoms with E-state index in [-0.39, 0.29) is 6.61 Å². The summed E-state index contributed by atoms with van der Waals surface area (Å²) < 4.78 is 5.41. The number of benzene rings is 1. The Hall–Kier alpha value is -0.770. The Morgan fingerprint density at radius 1 is 1.53 bits per heavy atom. The van der Waals surface area contributed by atoms with E-state index in [0.29, 0.717) is 6.54 Å². The summed E-state index contributed by atoms with van der Waals surface area (Å²) in [4.78, 5) is 0. The van der Waals surface area contributed by atoms with Crippen LogP contribution in [-0.2, 0) is 0 Å². The van der Waals surface area contributed by atoms with Gasteiger partial charge in [0.05, 0.1) is 0 Å². The molecular formula is C11H16ClNO2. The number of nitrogens with one attached hydrogen (secondary N) is 1. The van der Waals surface area contributed by atoms with Crippen molar-refractivity contribution in [3.05, 3.63) is 28.8 Å². The second-order valence-corrected chi connectivity index (χ2v) is 3.84. The van der Waals surface area contributed by atoms with E-state index in [1.807, 2.05) is 13.0 Å². The van der Waals surface area contributed by atoms with Gasteiger partial charge in [0, 0.05) is 11.6 Å². The maximum absolute atomic E-state index is 9.42. The highest BCUT2D eigenvalue weighted by atomic mass is 35.5. The molecule has 0 fully saturated rings. The molecule has 1 aromatic carbocycles. The first-order valence-electron chi connectivity index (χ1n) is 4.85. The van der Waals surface area contributed by atoms with Crippen LogP contribution in [-0.4, -0.2) is 31.4 Å². The highest BCUT2D eigenvalue weighted by Crippen LogP contribution is 2.20. The molecule has 0 amide bonds. The molecule has 0 aliphatic heterocycles. The Labute approximate surface area is 95.0 Å². The van der Waals surface area contributed by atoms with Gasteiger partial charge in [-0.25, -0.2) is 0 Å². The molecule has 1 atom stereocenters. The highest BCUT2D eigenvalue weighted by molar-refractivity contribution is 6.31. The molecule has 0 radical (unpaired) electrons. The summed E-state index contributed by atoms with van der Waals surface area (Å²) in [5.41, 5.74) is 0.970. The number of halogens is 1. The Morgan fingerprint density at radius 2 is 2.27 bits per heavy atom. The summed E-state index contributed by atoms with van der Waals surface area (Å²) in [6.45, 7) is 2.72. The summed E-state index contributed by atoms with van der Waals surface area (Å²) >= 11 is 5.88. The molecule has 15 heavy (non-hydrogen) atoms. The minimum atomic E-state index is -0.494. The summed E-state index contributed by atoms with van der Waals surface area (Å²) in [6.07, 6.45) is -0.494. The maximum atomic E-state index is 9.42. The van der Waals surface area contributed by atoms with E-state index in [0.717, 1.165) is 16.3 Å². The van der Waals surface area contributed by atoms with Crippen molar-refractivity contribution < 1.29 is 9.84 Å². The van der Waals surface area contributed by atoms with Crippen molar-refractivity contribution in [2.24, 2.45) is 0 Å². The molecule has 0 bridgehead atoms. The van der Waals surface area contributed by atoms with E-state index in [9.17, 15) is 5.11 Å². The van der Waals surface area contributed by atoms with Gasteiger partial charge in [0.1, 0.15) is 18.5 Å². The molecule has 0 aliphatic rings. The predicted molar refractivity (Wildman–Crippen MR) is 61.6 cm³/mol. The van der Waals surface area contributed by atoms with Crippen LogP contribution in [0.5, 0.6) is 5.75 Å². The summed E-state index contributed by atoms with van der Waals surface area (Å²) in [5.74, 6) is 0.729. The van der Waals surface area contributed by atoms with Crippen LogP contribution in [0.1, 0.15) is 5.56 Å². The zero-order valence-corrected chi connectivity index (χ0v) is 9.71. The highest BCUT2D eigenvalue weighted by Gasteiger charge is 2.04. The lowest BCUT2D eigenvalue weighted by Crippen LogP contribution is -2.29. The van der Waals surface area contributed by atoms with Crippen LogP contribution in [0.15, 0.2) is 18.2 Å². The predicted octanol–water partition coefficient (Wildman–Crippen LogP) is 1.61. The fraction of sp³-hybridized carbons (Fsp3) is 0.455. The molecule has 0 aliphatic carbocycles. The van der Waals surface area contributed by atoms with Crippen LogP contribution in [0.2, 0.25) is 5.02 Å². The lowest BCUT2D eigenvalue weighted by Gasteiger charge is -2.12. The van der Waals surface area contributed by atoms with Crippen LogP contribution in [0.4, 0.5) is 0 Å². The molecule has 1 aromatic rings. The normalized spacial score (nSPS) is 12.5. The van der Waals surface area contributed by atoms with Crippen molar-refractivity contribution in [1.29, 1.82) is 0 Å². The van der Waals surface area contributed by atoms with Crippen LogP contribution in [0.3, 0.4) is 0 Å². The van der Waals surface area contributed by atoms with Gasteiger partial charge in [-0.15, -0.1) is 0 Å². The molecule has 0 heterocycles. The van der Waals surface area contributed by atoms with Gasteiger partial charge in [-0.3, -0.25) is 0 Å². The van der Waals surface area contributed by atoms with Gasteiger partial charge in [0.15, 0.2) is 0 Å². The first kappa shape index (κ1) is 12.3. The van der Waals surface area contributed by atoms with Crippen molar-refractivity contribution >= 4 is 11.6 Å². The van der Waals surface area contributed by atoms with Crippen molar-refractivity contribution in [3.63, 3.8) is 0 Å². The molecule has 0 saturated heterocycles. The number of hydrogen-bond donors (Lipinski definition) is 2. The monoisotopic (exact) mass is 229 g/mol. The molecule has 4 heteroatoms. The fourth-order valence-electron chi connectivity index (χ4n) is 1.19. The maximum Gasteiger partial charge on any atom is 0.119 e. The molecular weight excluding hydrogens is 214 g/mol. The van der Waals surface area contributed by atoms with Crippen LogP contribution in [0, 0.1) is 6.92 Å². The molecule has 0 aromatic heterocycles. The molecule has 0 spiro atoms. The van der Waals surface area contributed by atoms with Crippen LogP contribution >= 0.6 is 11.6 Å². The smallest absolute Gasteiger partial charge is 0.119 e. The number of aliphatic hydroxyl groups is 1. The lowest BCUT2D eigenvalue weighted by atomic mass is 10.2. The Balaban J connectivity index is 2.47.